The fourth-order valence-electron chi connectivity index (χ4n) is 2.31. The van der Waals surface area contributed by atoms with Gasteiger partial charge in [-0.1, -0.05) is 55.4 Å². The third kappa shape index (κ3) is 5.91. The summed E-state index contributed by atoms with van der Waals surface area (Å²) in [6.07, 6.45) is -3.13. The lowest BCUT2D eigenvalue weighted by Gasteiger charge is -2.18. The normalized spacial score (nSPS) is 12.6. The van der Waals surface area contributed by atoms with Crippen LogP contribution in [-0.4, -0.2) is 21.6 Å². The molecule has 0 spiro atoms. The van der Waals surface area contributed by atoms with E-state index in [0.29, 0.717) is 6.07 Å². The zero-order chi connectivity index (χ0) is 19.2. The Bertz CT molecular complexity index is 794. The first-order valence-corrected chi connectivity index (χ1v) is 8.94. The zero-order valence-corrected chi connectivity index (χ0v) is 14.8. The van der Waals surface area contributed by atoms with Gasteiger partial charge in [-0.15, -0.1) is 0 Å². The number of H-pyrrole nitrogens is 1. The molecule has 1 amide bonds. The smallest absolute Gasteiger partial charge is 0.349 e. The first-order valence-electron chi connectivity index (χ1n) is 7.95. The number of nitrogens with zero attached hydrogens (tertiary/aromatic N) is 1. The Balaban J connectivity index is 2.02. The first-order chi connectivity index (χ1) is 12.3. The number of aromatic nitrogens is 2. The van der Waals surface area contributed by atoms with Crippen LogP contribution in [0.2, 0.25) is 0 Å². The summed E-state index contributed by atoms with van der Waals surface area (Å²) in [5, 5.41) is 2.62. The number of rotatable bonds is 7. The van der Waals surface area contributed by atoms with Gasteiger partial charge in [-0.25, -0.2) is 4.98 Å². The van der Waals surface area contributed by atoms with Gasteiger partial charge in [-0.3, -0.25) is 9.59 Å². The number of thioether (sulfide) groups is 1. The molecule has 26 heavy (non-hydrogen) atoms. The molecule has 0 fully saturated rings. The van der Waals surface area contributed by atoms with E-state index in [-0.39, 0.29) is 22.9 Å². The Labute approximate surface area is 152 Å². The van der Waals surface area contributed by atoms with Crippen LogP contribution in [0.1, 0.15) is 37.1 Å². The molecule has 1 heterocycles. The number of halogens is 3. The Morgan fingerprint density at radius 3 is 2.62 bits per heavy atom. The maximum atomic E-state index is 12.7. The molecule has 0 bridgehead atoms. The van der Waals surface area contributed by atoms with Crippen LogP contribution in [0.5, 0.6) is 0 Å². The predicted octanol–water partition coefficient (Wildman–Crippen LogP) is 3.54. The van der Waals surface area contributed by atoms with E-state index in [4.69, 9.17) is 0 Å². The molecule has 1 atom stereocenters. The van der Waals surface area contributed by atoms with Crippen molar-refractivity contribution in [1.29, 1.82) is 0 Å². The van der Waals surface area contributed by atoms with Crippen molar-refractivity contribution in [2.75, 3.05) is 5.75 Å². The lowest BCUT2D eigenvalue weighted by molar-refractivity contribution is -0.141. The van der Waals surface area contributed by atoms with Crippen LogP contribution in [0.15, 0.2) is 46.3 Å². The third-order valence-electron chi connectivity index (χ3n) is 3.46. The van der Waals surface area contributed by atoms with Crippen molar-refractivity contribution >= 4 is 17.7 Å². The van der Waals surface area contributed by atoms with Crippen LogP contribution >= 0.6 is 11.8 Å². The molecule has 1 unspecified atom stereocenters. The number of hydrogen-bond donors (Lipinski definition) is 2. The van der Waals surface area contributed by atoms with E-state index in [0.717, 1.165) is 30.2 Å². The number of carbonyl (C=O) groups excluding carboxylic acids is 1. The average molecular weight is 385 g/mol. The number of aromatic amines is 1. The van der Waals surface area contributed by atoms with Crippen molar-refractivity contribution in [3.05, 3.63) is 58.0 Å². The van der Waals surface area contributed by atoms with E-state index < -0.39 is 17.4 Å². The van der Waals surface area contributed by atoms with Gasteiger partial charge in [0.25, 0.3) is 5.56 Å². The van der Waals surface area contributed by atoms with Crippen LogP contribution in [0.3, 0.4) is 0 Å². The van der Waals surface area contributed by atoms with Crippen molar-refractivity contribution in [2.24, 2.45) is 0 Å². The lowest BCUT2D eigenvalue weighted by atomic mass is 10.0. The van der Waals surface area contributed by atoms with E-state index in [1.807, 2.05) is 37.3 Å². The molecule has 1 aromatic heterocycles. The minimum atomic E-state index is -4.72. The summed E-state index contributed by atoms with van der Waals surface area (Å²) >= 11 is 0.750. The summed E-state index contributed by atoms with van der Waals surface area (Å²) in [6, 6.07) is 9.63. The van der Waals surface area contributed by atoms with Crippen LogP contribution < -0.4 is 10.9 Å². The molecule has 2 N–H and O–H groups in total. The van der Waals surface area contributed by atoms with Crippen LogP contribution in [0, 0.1) is 0 Å². The molecule has 140 valence electrons. The van der Waals surface area contributed by atoms with E-state index in [2.05, 4.69) is 15.3 Å². The Hall–Kier alpha value is -2.29. The minimum absolute atomic E-state index is 0.155. The average Bonchev–Trinajstić information content (AvgIpc) is 2.59. The van der Waals surface area contributed by atoms with Gasteiger partial charge in [0.05, 0.1) is 11.8 Å². The van der Waals surface area contributed by atoms with Gasteiger partial charge < -0.3 is 10.3 Å². The highest BCUT2D eigenvalue weighted by Crippen LogP contribution is 2.27. The minimum Gasteiger partial charge on any atom is -0.349 e. The van der Waals surface area contributed by atoms with E-state index in [1.165, 1.54) is 0 Å². The highest BCUT2D eigenvalue weighted by Gasteiger charge is 2.33. The summed E-state index contributed by atoms with van der Waals surface area (Å²) in [6.45, 7) is 1.99. The quantitative estimate of drug-likeness (QED) is 0.565. The second kappa shape index (κ2) is 8.88. The summed E-state index contributed by atoms with van der Waals surface area (Å²) in [7, 11) is 0. The van der Waals surface area contributed by atoms with Crippen molar-refractivity contribution < 1.29 is 18.0 Å². The number of carbonyl (C=O) groups is 1. The molecule has 0 aliphatic carbocycles. The molecule has 0 aliphatic rings. The number of nitrogens with one attached hydrogen (secondary N) is 2. The Morgan fingerprint density at radius 2 is 2.00 bits per heavy atom. The monoisotopic (exact) mass is 385 g/mol. The highest BCUT2D eigenvalue weighted by atomic mass is 32.2. The fourth-order valence-corrected chi connectivity index (χ4v) is 3.00. The summed E-state index contributed by atoms with van der Waals surface area (Å²) in [4.78, 5) is 29.1. The summed E-state index contributed by atoms with van der Waals surface area (Å²) < 4.78 is 38.1. The SMILES string of the molecule is CCCC(NC(=O)CSc1nc(C(F)(F)F)cc(=O)[nH]1)c1ccccc1. The Morgan fingerprint density at radius 1 is 1.31 bits per heavy atom. The van der Waals surface area contributed by atoms with E-state index in [9.17, 15) is 22.8 Å². The van der Waals surface area contributed by atoms with Crippen molar-refractivity contribution in [1.82, 2.24) is 15.3 Å². The summed E-state index contributed by atoms with van der Waals surface area (Å²) in [5.74, 6) is -0.505. The Kier molecular flexibility index (Phi) is 6.84. The molecule has 5 nitrogen and oxygen atoms in total. The molecule has 2 rings (SSSR count). The molecule has 2 aromatic rings. The molecule has 9 heteroatoms. The van der Waals surface area contributed by atoms with E-state index >= 15 is 0 Å². The number of alkyl halides is 3. The van der Waals surface area contributed by atoms with Crippen LogP contribution in [-0.2, 0) is 11.0 Å². The maximum Gasteiger partial charge on any atom is 0.433 e. The molecule has 1 aromatic carbocycles. The van der Waals surface area contributed by atoms with Gasteiger partial charge in [0.2, 0.25) is 5.91 Å². The number of hydrogen-bond acceptors (Lipinski definition) is 4. The van der Waals surface area contributed by atoms with Gasteiger partial charge in [-0.2, -0.15) is 13.2 Å². The largest absolute Gasteiger partial charge is 0.433 e. The van der Waals surface area contributed by atoms with Crippen LogP contribution in [0.25, 0.3) is 0 Å². The highest BCUT2D eigenvalue weighted by molar-refractivity contribution is 7.99. The van der Waals surface area contributed by atoms with Crippen molar-refractivity contribution in [3.8, 4) is 0 Å². The van der Waals surface area contributed by atoms with Gasteiger partial charge in [0, 0.05) is 6.07 Å². The van der Waals surface area contributed by atoms with E-state index in [1.54, 1.807) is 0 Å². The van der Waals surface area contributed by atoms with Gasteiger partial charge in [-0.05, 0) is 12.0 Å². The summed E-state index contributed by atoms with van der Waals surface area (Å²) in [5.41, 5.74) is -1.24. The van der Waals surface area contributed by atoms with Gasteiger partial charge in [0.15, 0.2) is 10.9 Å². The molecule has 0 radical (unpaired) electrons. The third-order valence-corrected chi connectivity index (χ3v) is 4.34. The predicted molar refractivity (Wildman–Crippen MR) is 92.8 cm³/mol. The number of benzene rings is 1. The molecule has 0 saturated carbocycles. The van der Waals surface area contributed by atoms with Crippen molar-refractivity contribution in [3.63, 3.8) is 0 Å². The topological polar surface area (TPSA) is 74.8 Å². The second-order valence-corrected chi connectivity index (χ2v) is 6.51. The second-order valence-electron chi connectivity index (χ2n) is 5.54. The maximum absolute atomic E-state index is 12.7. The fraction of sp³-hybridized carbons (Fsp3) is 0.353. The lowest BCUT2D eigenvalue weighted by Crippen LogP contribution is -2.30. The first kappa shape index (κ1) is 20.0. The van der Waals surface area contributed by atoms with Crippen molar-refractivity contribution in [2.45, 2.75) is 37.1 Å². The van der Waals surface area contributed by atoms with Gasteiger partial charge in [0.1, 0.15) is 0 Å². The zero-order valence-electron chi connectivity index (χ0n) is 14.0. The molecule has 0 aliphatic heterocycles. The molecule has 0 saturated heterocycles. The molecular formula is C17H18F3N3O2S. The standard InChI is InChI=1S/C17H18F3N3O2S/c1-2-6-12(11-7-4-3-5-8-11)21-15(25)10-26-16-22-13(17(18,19)20)9-14(24)23-16/h3-5,7-9,12H,2,6,10H2,1H3,(H,21,25)(H,22,23,24). The number of amides is 1. The molecular weight excluding hydrogens is 367 g/mol. The van der Waals surface area contributed by atoms with Gasteiger partial charge >= 0.3 is 6.18 Å². The van der Waals surface area contributed by atoms with Crippen LogP contribution in [0.4, 0.5) is 13.2 Å².